The lowest BCUT2D eigenvalue weighted by Crippen LogP contribution is -2.13. The van der Waals surface area contributed by atoms with Crippen LogP contribution in [0.2, 0.25) is 0 Å². The average molecular weight is 171 g/mol. The van der Waals surface area contributed by atoms with Crippen LogP contribution >= 0.6 is 0 Å². The Morgan fingerprint density at radius 3 is 3.15 bits per heavy atom. The fraction of sp³-hybridized carbons (Fsp3) is 0.200. The highest BCUT2D eigenvalue weighted by atomic mass is 14.8. The van der Waals surface area contributed by atoms with Crippen LogP contribution in [0.5, 0.6) is 0 Å². The molecule has 1 aromatic rings. The van der Waals surface area contributed by atoms with Crippen LogP contribution in [0.3, 0.4) is 0 Å². The molecule has 0 fully saturated rings. The molecule has 1 heterocycles. The molecule has 0 aliphatic carbocycles. The molecule has 0 amide bonds. The van der Waals surface area contributed by atoms with Crippen LogP contribution in [0, 0.1) is 23.7 Å². The van der Waals surface area contributed by atoms with Crippen molar-refractivity contribution in [2.45, 2.75) is 6.54 Å². The summed E-state index contributed by atoms with van der Waals surface area (Å²) in [6.07, 6.45) is 6.69. The molecule has 0 aliphatic heterocycles. The lowest BCUT2D eigenvalue weighted by Gasteiger charge is -2.00. The fourth-order valence-corrected chi connectivity index (χ4v) is 0.924. The molecule has 1 rings (SSSR count). The third-order valence-corrected chi connectivity index (χ3v) is 1.50. The van der Waals surface area contributed by atoms with Gasteiger partial charge >= 0.3 is 0 Å². The SMILES string of the molecule is C#CCNCc1ccnc(C#N)c1. The van der Waals surface area contributed by atoms with E-state index >= 15 is 0 Å². The average Bonchev–Trinajstić information content (AvgIpc) is 2.19. The van der Waals surface area contributed by atoms with Gasteiger partial charge in [-0.3, -0.25) is 0 Å². The van der Waals surface area contributed by atoms with Gasteiger partial charge in [-0.15, -0.1) is 6.42 Å². The summed E-state index contributed by atoms with van der Waals surface area (Å²) in [6, 6.07) is 5.57. The molecular formula is C10H9N3. The van der Waals surface area contributed by atoms with Gasteiger partial charge in [0, 0.05) is 12.7 Å². The van der Waals surface area contributed by atoms with Gasteiger partial charge in [0.25, 0.3) is 0 Å². The number of pyridine rings is 1. The summed E-state index contributed by atoms with van der Waals surface area (Å²) in [6.45, 7) is 1.20. The molecule has 0 radical (unpaired) electrons. The summed E-state index contributed by atoms with van der Waals surface area (Å²) in [5, 5.41) is 11.6. The first kappa shape index (κ1) is 9.25. The van der Waals surface area contributed by atoms with Crippen LogP contribution in [0.4, 0.5) is 0 Å². The maximum absolute atomic E-state index is 8.57. The van der Waals surface area contributed by atoms with E-state index in [1.807, 2.05) is 12.1 Å². The van der Waals surface area contributed by atoms with E-state index in [0.717, 1.165) is 5.56 Å². The van der Waals surface area contributed by atoms with Gasteiger partial charge < -0.3 is 5.32 Å². The smallest absolute Gasteiger partial charge is 0.140 e. The van der Waals surface area contributed by atoms with Gasteiger partial charge in [-0.2, -0.15) is 5.26 Å². The Morgan fingerprint density at radius 1 is 1.62 bits per heavy atom. The van der Waals surface area contributed by atoms with Gasteiger partial charge in [0.2, 0.25) is 0 Å². The van der Waals surface area contributed by atoms with Crippen LogP contribution in [0.1, 0.15) is 11.3 Å². The number of rotatable bonds is 3. The summed E-state index contributed by atoms with van der Waals surface area (Å²) in [4.78, 5) is 3.86. The van der Waals surface area contributed by atoms with E-state index < -0.39 is 0 Å². The van der Waals surface area contributed by atoms with Gasteiger partial charge in [-0.1, -0.05) is 5.92 Å². The maximum Gasteiger partial charge on any atom is 0.140 e. The molecule has 13 heavy (non-hydrogen) atoms. The Balaban J connectivity index is 2.59. The van der Waals surface area contributed by atoms with Crippen molar-refractivity contribution in [3.63, 3.8) is 0 Å². The van der Waals surface area contributed by atoms with Crippen molar-refractivity contribution in [3.8, 4) is 18.4 Å². The summed E-state index contributed by atoms with van der Waals surface area (Å²) in [7, 11) is 0. The molecule has 64 valence electrons. The second kappa shape index (κ2) is 4.92. The number of hydrogen-bond acceptors (Lipinski definition) is 3. The molecule has 0 bridgehead atoms. The number of hydrogen-bond donors (Lipinski definition) is 1. The summed E-state index contributed by atoms with van der Waals surface area (Å²) >= 11 is 0. The van der Waals surface area contributed by atoms with Gasteiger partial charge in [0.15, 0.2) is 0 Å². The minimum atomic E-state index is 0.431. The number of nitrogens with one attached hydrogen (secondary N) is 1. The van der Waals surface area contributed by atoms with Gasteiger partial charge in [0.05, 0.1) is 6.54 Å². The highest BCUT2D eigenvalue weighted by Crippen LogP contribution is 1.99. The van der Waals surface area contributed by atoms with E-state index in [-0.39, 0.29) is 0 Å². The predicted octanol–water partition coefficient (Wildman–Crippen LogP) is 0.676. The first-order valence-corrected chi connectivity index (χ1v) is 3.86. The fourth-order valence-electron chi connectivity index (χ4n) is 0.924. The van der Waals surface area contributed by atoms with E-state index in [4.69, 9.17) is 11.7 Å². The molecule has 0 spiro atoms. The zero-order valence-corrected chi connectivity index (χ0v) is 7.12. The molecule has 0 unspecified atom stereocenters. The van der Waals surface area contributed by atoms with Crippen LogP contribution in [0.15, 0.2) is 18.3 Å². The number of nitrogens with zero attached hydrogens (tertiary/aromatic N) is 2. The molecule has 0 saturated heterocycles. The largest absolute Gasteiger partial charge is 0.302 e. The summed E-state index contributed by atoms with van der Waals surface area (Å²) < 4.78 is 0. The third kappa shape index (κ3) is 2.94. The highest BCUT2D eigenvalue weighted by molar-refractivity contribution is 5.25. The quantitative estimate of drug-likeness (QED) is 0.537. The Kier molecular flexibility index (Phi) is 3.50. The Hall–Kier alpha value is -1.84. The molecule has 3 heteroatoms. The van der Waals surface area contributed by atoms with Gasteiger partial charge in [-0.05, 0) is 17.7 Å². The Bertz CT molecular complexity index is 357. The zero-order chi connectivity index (χ0) is 9.52. The third-order valence-electron chi connectivity index (χ3n) is 1.50. The van der Waals surface area contributed by atoms with Crippen molar-refractivity contribution in [2.75, 3.05) is 6.54 Å². The van der Waals surface area contributed by atoms with Crippen LogP contribution < -0.4 is 5.32 Å². The maximum atomic E-state index is 8.57. The monoisotopic (exact) mass is 171 g/mol. The summed E-state index contributed by atoms with van der Waals surface area (Å²) in [5.74, 6) is 2.47. The predicted molar refractivity (Wildman–Crippen MR) is 49.5 cm³/mol. The van der Waals surface area contributed by atoms with Crippen LogP contribution in [-0.4, -0.2) is 11.5 Å². The van der Waals surface area contributed by atoms with Gasteiger partial charge in [0.1, 0.15) is 11.8 Å². The van der Waals surface area contributed by atoms with Crippen molar-refractivity contribution in [2.24, 2.45) is 0 Å². The minimum Gasteiger partial charge on any atom is -0.302 e. The van der Waals surface area contributed by atoms with E-state index in [2.05, 4.69) is 16.2 Å². The summed E-state index contributed by atoms with van der Waals surface area (Å²) in [5.41, 5.74) is 1.45. The normalized spacial score (nSPS) is 8.77. The van der Waals surface area contributed by atoms with Crippen molar-refractivity contribution in [1.29, 1.82) is 5.26 Å². The Labute approximate surface area is 77.4 Å². The standard InChI is InChI=1S/C10H9N3/c1-2-4-12-8-9-3-5-13-10(6-9)7-11/h1,3,5-6,12H,4,8H2. The molecule has 1 aromatic heterocycles. The minimum absolute atomic E-state index is 0.431. The Morgan fingerprint density at radius 2 is 2.46 bits per heavy atom. The lowest BCUT2D eigenvalue weighted by molar-refractivity contribution is 0.768. The molecule has 0 aliphatic rings. The molecular weight excluding hydrogens is 162 g/mol. The van der Waals surface area contributed by atoms with Gasteiger partial charge in [-0.25, -0.2) is 4.98 Å². The first-order chi connectivity index (χ1) is 6.36. The number of aromatic nitrogens is 1. The van der Waals surface area contributed by atoms with Crippen molar-refractivity contribution in [1.82, 2.24) is 10.3 Å². The van der Waals surface area contributed by atoms with E-state index in [9.17, 15) is 0 Å². The topological polar surface area (TPSA) is 48.7 Å². The van der Waals surface area contributed by atoms with Crippen molar-refractivity contribution in [3.05, 3.63) is 29.6 Å². The van der Waals surface area contributed by atoms with E-state index in [1.165, 1.54) is 0 Å². The number of terminal acetylenes is 1. The van der Waals surface area contributed by atoms with E-state index in [0.29, 0.717) is 18.8 Å². The van der Waals surface area contributed by atoms with Crippen LogP contribution in [0.25, 0.3) is 0 Å². The molecule has 0 saturated carbocycles. The highest BCUT2D eigenvalue weighted by Gasteiger charge is 1.94. The number of nitriles is 1. The first-order valence-electron chi connectivity index (χ1n) is 3.86. The van der Waals surface area contributed by atoms with E-state index in [1.54, 1.807) is 12.3 Å². The molecule has 0 aromatic carbocycles. The second-order valence-corrected chi connectivity index (χ2v) is 2.47. The molecule has 0 atom stereocenters. The second-order valence-electron chi connectivity index (χ2n) is 2.47. The molecule has 3 nitrogen and oxygen atoms in total. The van der Waals surface area contributed by atoms with Crippen molar-refractivity contribution >= 4 is 0 Å². The molecule has 1 N–H and O–H groups in total. The zero-order valence-electron chi connectivity index (χ0n) is 7.12. The lowest BCUT2D eigenvalue weighted by atomic mass is 10.2. The van der Waals surface area contributed by atoms with Crippen molar-refractivity contribution < 1.29 is 0 Å². The van der Waals surface area contributed by atoms with Crippen LogP contribution in [-0.2, 0) is 6.54 Å².